The Morgan fingerprint density at radius 1 is 1.03 bits per heavy atom. The molecule has 3 saturated carbocycles. The lowest BCUT2D eigenvalue weighted by Crippen LogP contribution is -2.69. The van der Waals surface area contributed by atoms with Crippen molar-refractivity contribution in [3.05, 3.63) is 23.9 Å². The molecule has 0 radical (unpaired) electrons. The van der Waals surface area contributed by atoms with E-state index < -0.39 is 0 Å². The van der Waals surface area contributed by atoms with Crippen molar-refractivity contribution in [3.8, 4) is 0 Å². The first-order valence-corrected chi connectivity index (χ1v) is 12.8. The van der Waals surface area contributed by atoms with Crippen molar-refractivity contribution in [2.45, 2.75) is 114 Å². The quantitative estimate of drug-likeness (QED) is 0.622. The van der Waals surface area contributed by atoms with Gasteiger partial charge in [-0.05, 0) is 87.7 Å². The molecule has 168 valence electrons. The highest BCUT2D eigenvalue weighted by Gasteiger charge is 2.61. The third-order valence-electron chi connectivity index (χ3n) is 9.58. The third-order valence-corrected chi connectivity index (χ3v) is 9.58. The summed E-state index contributed by atoms with van der Waals surface area (Å²) in [4.78, 5) is 0. The van der Waals surface area contributed by atoms with Crippen molar-refractivity contribution < 1.29 is 4.74 Å². The van der Waals surface area contributed by atoms with Gasteiger partial charge in [0.25, 0.3) is 0 Å². The number of hydrogen-bond acceptors (Lipinski definition) is 4. The van der Waals surface area contributed by atoms with Gasteiger partial charge in [-0.15, -0.1) is 0 Å². The first-order valence-electron chi connectivity index (χ1n) is 12.8. The summed E-state index contributed by atoms with van der Waals surface area (Å²) in [5, 5.41) is 3.26. The normalized spacial score (nSPS) is 47.0. The molecule has 4 heteroatoms. The van der Waals surface area contributed by atoms with Gasteiger partial charge in [0.05, 0.1) is 17.4 Å². The van der Waals surface area contributed by atoms with Gasteiger partial charge in [0.2, 0.25) is 0 Å². The van der Waals surface area contributed by atoms with Crippen LogP contribution in [-0.2, 0) is 4.74 Å². The Balaban J connectivity index is 1.31. The molecule has 5 fully saturated rings. The zero-order valence-electron chi connectivity index (χ0n) is 19.0. The molecule has 0 aromatic heterocycles. The Morgan fingerprint density at radius 2 is 1.83 bits per heavy atom. The molecule has 0 aromatic rings. The summed E-state index contributed by atoms with van der Waals surface area (Å²) in [6.45, 7) is 2.45. The molecule has 6 aliphatic rings. The maximum atomic E-state index is 7.32. The molecule has 3 aliphatic heterocycles. The van der Waals surface area contributed by atoms with Crippen molar-refractivity contribution in [2.75, 3.05) is 0 Å². The highest BCUT2D eigenvalue weighted by molar-refractivity contribution is 5.24. The predicted octanol–water partition coefficient (Wildman–Crippen LogP) is 4.75. The number of nitrogens with one attached hydrogen (secondary N) is 1. The second-order valence-electron chi connectivity index (χ2n) is 11.4. The molecule has 3 heterocycles. The number of fused-ring (bicyclic) bond motifs is 3. The third kappa shape index (κ3) is 3.78. The molecular formula is C26H43N3O. The second-order valence-corrected chi connectivity index (χ2v) is 11.4. The van der Waals surface area contributed by atoms with Crippen LogP contribution in [0.25, 0.3) is 0 Å². The van der Waals surface area contributed by atoms with Gasteiger partial charge in [-0.1, -0.05) is 38.2 Å². The molecule has 3 aliphatic carbocycles. The van der Waals surface area contributed by atoms with E-state index in [1.165, 1.54) is 76.2 Å². The largest absolute Gasteiger partial charge is 0.372 e. The van der Waals surface area contributed by atoms with Crippen LogP contribution < -0.4 is 16.8 Å². The van der Waals surface area contributed by atoms with Crippen LogP contribution in [0.5, 0.6) is 0 Å². The molecule has 7 unspecified atom stereocenters. The average molecular weight is 414 g/mol. The summed E-state index contributed by atoms with van der Waals surface area (Å²) in [7, 11) is 0. The van der Waals surface area contributed by atoms with Crippen molar-refractivity contribution in [3.63, 3.8) is 0 Å². The molecule has 5 N–H and O–H groups in total. The molecule has 0 aromatic carbocycles. The number of nitrogens with two attached hydrogens (primary N) is 2. The van der Waals surface area contributed by atoms with E-state index in [1.54, 1.807) is 0 Å². The van der Waals surface area contributed by atoms with E-state index in [0.717, 1.165) is 24.7 Å². The Kier molecular flexibility index (Phi) is 5.79. The minimum atomic E-state index is -0.0310. The summed E-state index contributed by atoms with van der Waals surface area (Å²) in [5.74, 6) is 2.71. The average Bonchev–Trinajstić information content (AvgIpc) is 2.76. The van der Waals surface area contributed by atoms with Gasteiger partial charge in [0.15, 0.2) is 0 Å². The Bertz CT molecular complexity index is 684. The van der Waals surface area contributed by atoms with Crippen LogP contribution in [0.4, 0.5) is 0 Å². The van der Waals surface area contributed by atoms with E-state index in [4.69, 9.17) is 16.2 Å². The zero-order chi connectivity index (χ0) is 20.8. The van der Waals surface area contributed by atoms with Crippen LogP contribution in [-0.4, -0.2) is 23.4 Å². The monoisotopic (exact) mass is 413 g/mol. The second kappa shape index (κ2) is 8.26. The van der Waals surface area contributed by atoms with E-state index in [0.29, 0.717) is 17.9 Å². The zero-order valence-corrected chi connectivity index (χ0v) is 19.0. The first-order chi connectivity index (χ1) is 14.5. The molecular weight excluding hydrogens is 370 g/mol. The van der Waals surface area contributed by atoms with Crippen molar-refractivity contribution in [1.82, 2.24) is 5.32 Å². The van der Waals surface area contributed by atoms with Crippen LogP contribution in [0.15, 0.2) is 23.9 Å². The lowest BCUT2D eigenvalue weighted by Gasteiger charge is -2.64. The maximum absolute atomic E-state index is 7.32. The van der Waals surface area contributed by atoms with Crippen molar-refractivity contribution >= 4 is 0 Å². The molecule has 4 nitrogen and oxygen atoms in total. The van der Waals surface area contributed by atoms with Crippen LogP contribution in [0.3, 0.4) is 0 Å². The van der Waals surface area contributed by atoms with Gasteiger partial charge in [0, 0.05) is 18.2 Å². The fourth-order valence-corrected chi connectivity index (χ4v) is 8.04. The number of allylic oxidation sites excluding steroid dienone is 2. The topological polar surface area (TPSA) is 73.3 Å². The Labute approximate surface area is 183 Å². The smallest absolute Gasteiger partial charge is 0.0934 e. The standard InChI is InChI=1S/C26H43N3O/c1-25(20-7-3-2-4-8-20)22-12-13-26(30-25,16-23(22)27)21-9-5-6-18(15-21)14-19-10-11-24(28)29-17-19/h10-11,17-18,20-24,29H,2-9,12-16,27-28H2,1H3. The summed E-state index contributed by atoms with van der Waals surface area (Å²) >= 11 is 0. The molecule has 0 spiro atoms. The van der Waals surface area contributed by atoms with Gasteiger partial charge in [-0.25, -0.2) is 0 Å². The van der Waals surface area contributed by atoms with Crippen molar-refractivity contribution in [2.24, 2.45) is 35.1 Å². The van der Waals surface area contributed by atoms with Crippen molar-refractivity contribution in [1.29, 1.82) is 0 Å². The summed E-state index contributed by atoms with van der Waals surface area (Å²) in [6.07, 6.45) is 23.3. The Hall–Kier alpha value is -0.840. The fourth-order valence-electron chi connectivity index (χ4n) is 8.04. The molecule has 6 rings (SSSR count). The summed E-state index contributed by atoms with van der Waals surface area (Å²) in [5.41, 5.74) is 14.2. The van der Waals surface area contributed by atoms with Crippen LogP contribution in [0.2, 0.25) is 0 Å². The van der Waals surface area contributed by atoms with E-state index in [1.807, 2.05) is 0 Å². The molecule has 2 bridgehead atoms. The molecule has 30 heavy (non-hydrogen) atoms. The minimum absolute atomic E-state index is 0.0119. The molecule has 7 atom stereocenters. The molecule has 2 saturated heterocycles. The van der Waals surface area contributed by atoms with Crippen LogP contribution >= 0.6 is 0 Å². The van der Waals surface area contributed by atoms with E-state index in [-0.39, 0.29) is 17.4 Å². The highest BCUT2D eigenvalue weighted by atomic mass is 16.5. The lowest BCUT2D eigenvalue weighted by molar-refractivity contribution is -0.295. The van der Waals surface area contributed by atoms with E-state index in [9.17, 15) is 0 Å². The van der Waals surface area contributed by atoms with Gasteiger partial charge in [-0.2, -0.15) is 0 Å². The fraction of sp³-hybridized carbons (Fsp3) is 0.846. The van der Waals surface area contributed by atoms with Crippen LogP contribution in [0.1, 0.15) is 90.4 Å². The number of ether oxygens (including phenoxy) is 1. The number of hydrogen-bond donors (Lipinski definition) is 3. The number of rotatable bonds is 4. The van der Waals surface area contributed by atoms with E-state index in [2.05, 4.69) is 30.6 Å². The predicted molar refractivity (Wildman–Crippen MR) is 123 cm³/mol. The summed E-state index contributed by atoms with van der Waals surface area (Å²) in [6, 6.07) is 0.328. The lowest BCUT2D eigenvalue weighted by atomic mass is 9.55. The maximum Gasteiger partial charge on any atom is 0.0934 e. The van der Waals surface area contributed by atoms with E-state index >= 15 is 0 Å². The van der Waals surface area contributed by atoms with Gasteiger partial charge in [0.1, 0.15) is 0 Å². The minimum Gasteiger partial charge on any atom is -0.372 e. The SMILES string of the molecule is CC1(C2CCCCC2)OC2(C3CCCC(CC4=CNC(N)C=C4)C3)CCC1C(N)C2. The van der Waals surface area contributed by atoms with Gasteiger partial charge < -0.3 is 21.5 Å². The van der Waals surface area contributed by atoms with Gasteiger partial charge in [-0.3, -0.25) is 0 Å². The summed E-state index contributed by atoms with van der Waals surface area (Å²) < 4.78 is 7.32. The number of dihydropyridines is 1. The van der Waals surface area contributed by atoms with Gasteiger partial charge >= 0.3 is 0 Å². The molecule has 0 amide bonds. The Morgan fingerprint density at radius 3 is 2.57 bits per heavy atom. The van der Waals surface area contributed by atoms with Crippen LogP contribution in [0, 0.1) is 23.7 Å². The highest BCUT2D eigenvalue weighted by Crippen LogP contribution is 2.59. The first kappa shape index (κ1) is 21.0.